The normalized spacial score (nSPS) is 16.4. The lowest BCUT2D eigenvalue weighted by molar-refractivity contribution is -0.133. The maximum absolute atomic E-state index is 12.6. The summed E-state index contributed by atoms with van der Waals surface area (Å²) in [6.45, 7) is 5.20. The molecule has 154 valence electrons. The summed E-state index contributed by atoms with van der Waals surface area (Å²) >= 11 is 3.51. The van der Waals surface area contributed by atoms with Crippen molar-refractivity contribution in [3.8, 4) is 11.5 Å². The average molecular weight is 459 g/mol. The minimum Gasteiger partial charge on any atom is -0.496 e. The fourth-order valence-electron chi connectivity index (χ4n) is 4.03. The van der Waals surface area contributed by atoms with Crippen LogP contribution in [-0.4, -0.2) is 55.6 Å². The largest absolute Gasteiger partial charge is 0.496 e. The van der Waals surface area contributed by atoms with E-state index in [0.29, 0.717) is 6.42 Å². The Labute approximate surface area is 180 Å². The summed E-state index contributed by atoms with van der Waals surface area (Å²) < 4.78 is 11.8. The topological polar surface area (TPSA) is 42.0 Å². The van der Waals surface area contributed by atoms with E-state index in [2.05, 4.69) is 39.0 Å². The first-order valence-electron chi connectivity index (χ1n) is 10.2. The average Bonchev–Trinajstić information content (AvgIpc) is 3.20. The Morgan fingerprint density at radius 1 is 1.10 bits per heavy atom. The number of piperazine rings is 1. The predicted octanol–water partition coefficient (Wildman–Crippen LogP) is 3.67. The molecule has 1 amide bonds. The summed E-state index contributed by atoms with van der Waals surface area (Å²) in [5, 5.41) is 0. The molecule has 0 atom stereocenters. The predicted molar refractivity (Wildman–Crippen MR) is 117 cm³/mol. The van der Waals surface area contributed by atoms with Crippen molar-refractivity contribution in [2.75, 3.05) is 39.9 Å². The molecule has 0 aromatic heterocycles. The van der Waals surface area contributed by atoms with Gasteiger partial charge in [-0.2, -0.15) is 0 Å². The molecule has 0 unspecified atom stereocenters. The van der Waals surface area contributed by atoms with Crippen molar-refractivity contribution in [2.45, 2.75) is 25.8 Å². The van der Waals surface area contributed by atoms with E-state index < -0.39 is 0 Å². The fraction of sp³-hybridized carbons (Fsp3) is 0.435. The van der Waals surface area contributed by atoms with Crippen LogP contribution in [0, 0.1) is 0 Å². The van der Waals surface area contributed by atoms with E-state index in [1.807, 2.05) is 23.1 Å². The molecule has 0 spiro atoms. The van der Waals surface area contributed by atoms with Crippen LogP contribution in [0.2, 0.25) is 0 Å². The number of hydrogen-bond donors (Lipinski definition) is 0. The summed E-state index contributed by atoms with van der Waals surface area (Å²) in [4.78, 5) is 17.1. The van der Waals surface area contributed by atoms with E-state index in [1.165, 1.54) is 11.1 Å². The van der Waals surface area contributed by atoms with Gasteiger partial charge >= 0.3 is 0 Å². The van der Waals surface area contributed by atoms with Crippen LogP contribution in [0.1, 0.15) is 23.1 Å². The highest BCUT2D eigenvalue weighted by Gasteiger charge is 2.21. The summed E-state index contributed by atoms with van der Waals surface area (Å²) in [6, 6.07) is 12.5. The number of carbonyl (C=O) groups is 1. The van der Waals surface area contributed by atoms with Gasteiger partial charge < -0.3 is 14.4 Å². The number of methoxy groups -OCH3 is 1. The quantitative estimate of drug-likeness (QED) is 0.661. The van der Waals surface area contributed by atoms with Gasteiger partial charge in [-0.15, -0.1) is 0 Å². The van der Waals surface area contributed by atoms with Gasteiger partial charge in [-0.25, -0.2) is 0 Å². The summed E-state index contributed by atoms with van der Waals surface area (Å²) in [5.74, 6) is 2.09. The second-order valence-electron chi connectivity index (χ2n) is 7.67. The number of amides is 1. The number of fused-ring (bicyclic) bond motifs is 1. The van der Waals surface area contributed by atoms with Crippen molar-refractivity contribution in [1.82, 2.24) is 9.80 Å². The number of rotatable bonds is 6. The van der Waals surface area contributed by atoms with Gasteiger partial charge in [0.25, 0.3) is 0 Å². The van der Waals surface area contributed by atoms with E-state index in [4.69, 9.17) is 9.47 Å². The second-order valence-corrected chi connectivity index (χ2v) is 8.52. The van der Waals surface area contributed by atoms with Crippen LogP contribution in [0.15, 0.2) is 40.9 Å². The molecule has 2 aromatic rings. The molecule has 2 aliphatic rings. The highest BCUT2D eigenvalue weighted by molar-refractivity contribution is 9.10. The monoisotopic (exact) mass is 458 g/mol. The van der Waals surface area contributed by atoms with Gasteiger partial charge in [0.2, 0.25) is 5.91 Å². The Morgan fingerprint density at radius 2 is 1.90 bits per heavy atom. The van der Waals surface area contributed by atoms with Gasteiger partial charge in [0.1, 0.15) is 11.5 Å². The van der Waals surface area contributed by atoms with Crippen molar-refractivity contribution >= 4 is 21.8 Å². The third kappa shape index (κ3) is 4.93. The molecular weight excluding hydrogens is 432 g/mol. The van der Waals surface area contributed by atoms with E-state index in [1.54, 1.807) is 7.11 Å². The molecular formula is C23H27BrN2O3. The minimum absolute atomic E-state index is 0.242. The Bertz CT molecular complexity index is 878. The van der Waals surface area contributed by atoms with Crippen LogP contribution >= 0.6 is 15.9 Å². The Morgan fingerprint density at radius 3 is 2.66 bits per heavy atom. The molecule has 4 rings (SSSR count). The first-order chi connectivity index (χ1) is 14.1. The van der Waals surface area contributed by atoms with Crippen LogP contribution in [0.5, 0.6) is 11.5 Å². The fourth-order valence-corrected chi connectivity index (χ4v) is 4.61. The van der Waals surface area contributed by atoms with Gasteiger partial charge in [-0.3, -0.25) is 9.69 Å². The van der Waals surface area contributed by atoms with Gasteiger partial charge in [0, 0.05) is 45.6 Å². The van der Waals surface area contributed by atoms with E-state index in [-0.39, 0.29) is 5.91 Å². The zero-order valence-electron chi connectivity index (χ0n) is 16.8. The Balaban J connectivity index is 1.24. The van der Waals surface area contributed by atoms with Crippen molar-refractivity contribution in [3.05, 3.63) is 57.6 Å². The SMILES string of the molecule is COc1ccc(CCC(=O)N2CCN(Cc3ccc4c(c3)CCO4)CC2)cc1Br. The zero-order chi connectivity index (χ0) is 20.2. The molecule has 5 nitrogen and oxygen atoms in total. The van der Waals surface area contributed by atoms with Crippen LogP contribution in [-0.2, 0) is 24.2 Å². The van der Waals surface area contributed by atoms with Gasteiger partial charge in [0.05, 0.1) is 18.2 Å². The summed E-state index contributed by atoms with van der Waals surface area (Å²) in [6.07, 6.45) is 2.30. The summed E-state index contributed by atoms with van der Waals surface area (Å²) in [5.41, 5.74) is 3.80. The molecule has 0 bridgehead atoms. The highest BCUT2D eigenvalue weighted by Crippen LogP contribution is 2.27. The van der Waals surface area contributed by atoms with E-state index in [9.17, 15) is 4.79 Å². The maximum atomic E-state index is 12.6. The number of nitrogens with zero attached hydrogens (tertiary/aromatic N) is 2. The number of aryl methyl sites for hydroxylation is 1. The van der Waals surface area contributed by atoms with Crippen molar-refractivity contribution in [1.29, 1.82) is 0 Å². The number of benzene rings is 2. The van der Waals surface area contributed by atoms with Gasteiger partial charge in [-0.1, -0.05) is 18.2 Å². The van der Waals surface area contributed by atoms with Crippen LogP contribution in [0.3, 0.4) is 0 Å². The van der Waals surface area contributed by atoms with Crippen LogP contribution in [0.4, 0.5) is 0 Å². The lowest BCUT2D eigenvalue weighted by Gasteiger charge is -2.35. The number of ether oxygens (including phenoxy) is 2. The number of hydrogen-bond acceptors (Lipinski definition) is 4. The molecule has 2 heterocycles. The van der Waals surface area contributed by atoms with Crippen molar-refractivity contribution in [2.24, 2.45) is 0 Å². The standard InChI is InChI=1S/C23H27BrN2O3/c1-28-22-6-2-17(15-20(22)24)4-7-23(27)26-11-9-25(10-12-26)16-18-3-5-21-19(14-18)8-13-29-21/h2-3,5-6,14-15H,4,7-13,16H2,1H3. The Kier molecular flexibility index (Phi) is 6.40. The van der Waals surface area contributed by atoms with Gasteiger partial charge in [-0.05, 0) is 57.2 Å². The third-order valence-corrected chi connectivity index (χ3v) is 6.35. The molecule has 0 aliphatic carbocycles. The van der Waals surface area contributed by atoms with E-state index >= 15 is 0 Å². The number of carbonyl (C=O) groups excluding carboxylic acids is 1. The molecule has 2 aromatic carbocycles. The molecule has 6 heteroatoms. The third-order valence-electron chi connectivity index (χ3n) is 5.73. The molecule has 0 N–H and O–H groups in total. The van der Waals surface area contributed by atoms with Crippen LogP contribution in [0.25, 0.3) is 0 Å². The molecule has 1 fully saturated rings. The first-order valence-corrected chi connectivity index (χ1v) is 11.0. The molecule has 29 heavy (non-hydrogen) atoms. The Hall–Kier alpha value is -2.05. The summed E-state index contributed by atoms with van der Waals surface area (Å²) in [7, 11) is 1.65. The molecule has 1 saturated heterocycles. The lowest BCUT2D eigenvalue weighted by Crippen LogP contribution is -2.48. The first kappa shape index (κ1) is 20.2. The smallest absolute Gasteiger partial charge is 0.222 e. The van der Waals surface area contributed by atoms with Crippen molar-refractivity contribution < 1.29 is 14.3 Å². The highest BCUT2D eigenvalue weighted by atomic mass is 79.9. The molecule has 0 saturated carbocycles. The molecule has 0 radical (unpaired) electrons. The molecule has 2 aliphatic heterocycles. The lowest BCUT2D eigenvalue weighted by atomic mass is 10.1. The second kappa shape index (κ2) is 9.18. The maximum Gasteiger partial charge on any atom is 0.222 e. The van der Waals surface area contributed by atoms with Crippen LogP contribution < -0.4 is 9.47 Å². The van der Waals surface area contributed by atoms with Crippen molar-refractivity contribution in [3.63, 3.8) is 0 Å². The zero-order valence-corrected chi connectivity index (χ0v) is 18.4. The number of halogens is 1. The van der Waals surface area contributed by atoms with Gasteiger partial charge in [0.15, 0.2) is 0 Å². The minimum atomic E-state index is 0.242. The van der Waals surface area contributed by atoms with E-state index in [0.717, 1.165) is 73.7 Å².